The molecule has 0 radical (unpaired) electrons. The minimum atomic E-state index is -0.657. The van der Waals surface area contributed by atoms with Crippen LogP contribution < -0.4 is 5.32 Å². The topological polar surface area (TPSA) is 46.2 Å². The molecule has 3 nitrogen and oxygen atoms in total. The van der Waals surface area contributed by atoms with Gasteiger partial charge in [0.15, 0.2) is 5.78 Å². The van der Waals surface area contributed by atoms with E-state index in [2.05, 4.69) is 5.32 Å². The quantitative estimate of drug-likeness (QED) is 0.667. The van der Waals surface area contributed by atoms with Crippen molar-refractivity contribution in [3.8, 4) is 0 Å². The molecule has 5 heteroatoms. The monoisotopic (exact) mass is 365 g/mol. The van der Waals surface area contributed by atoms with E-state index in [4.69, 9.17) is 0 Å². The molecule has 3 rings (SSSR count). The Hall–Kier alpha value is -3.34. The molecule has 1 N–H and O–H groups in total. The molecular weight excluding hydrogens is 348 g/mol. The number of carbonyl (C=O) groups excluding carboxylic acids is 2. The van der Waals surface area contributed by atoms with Crippen molar-refractivity contribution in [2.24, 2.45) is 0 Å². The second-order valence-corrected chi connectivity index (χ2v) is 6.02. The zero-order valence-corrected chi connectivity index (χ0v) is 14.4. The highest BCUT2D eigenvalue weighted by atomic mass is 19.1. The predicted molar refractivity (Wildman–Crippen MR) is 98.7 cm³/mol. The van der Waals surface area contributed by atoms with Crippen LogP contribution in [0.25, 0.3) is 0 Å². The summed E-state index contributed by atoms with van der Waals surface area (Å²) in [5.74, 6) is -1.97. The first-order chi connectivity index (χ1) is 13.0. The lowest BCUT2D eigenvalue weighted by Gasteiger charge is -2.10. The fraction of sp³-hybridized carbons (Fsp3) is 0.0909. The van der Waals surface area contributed by atoms with Crippen LogP contribution >= 0.6 is 0 Å². The summed E-state index contributed by atoms with van der Waals surface area (Å²) >= 11 is 0. The molecule has 0 aromatic heterocycles. The average Bonchev–Trinajstić information content (AvgIpc) is 2.67. The number of halogens is 2. The maximum absolute atomic E-state index is 13.2. The molecule has 1 amide bonds. The van der Waals surface area contributed by atoms with E-state index in [1.165, 1.54) is 12.1 Å². The highest BCUT2D eigenvalue weighted by molar-refractivity contribution is 6.15. The van der Waals surface area contributed by atoms with Gasteiger partial charge in [-0.05, 0) is 30.2 Å². The Morgan fingerprint density at radius 2 is 1.37 bits per heavy atom. The van der Waals surface area contributed by atoms with Gasteiger partial charge in [-0.1, -0.05) is 48.5 Å². The molecule has 0 heterocycles. The van der Waals surface area contributed by atoms with Gasteiger partial charge in [0.25, 0.3) is 5.91 Å². The fourth-order valence-electron chi connectivity index (χ4n) is 2.80. The number of carbonyl (C=O) groups is 2. The maximum Gasteiger partial charge on any atom is 0.252 e. The molecule has 0 aliphatic carbocycles. The largest absolute Gasteiger partial charge is 0.352 e. The van der Waals surface area contributed by atoms with Gasteiger partial charge in [-0.25, -0.2) is 8.78 Å². The first kappa shape index (κ1) is 18.5. The third-order valence-electron chi connectivity index (χ3n) is 4.07. The molecule has 0 atom stereocenters. The second kappa shape index (κ2) is 8.36. The Bertz CT molecular complexity index is 951. The van der Waals surface area contributed by atoms with Crippen molar-refractivity contribution in [1.82, 2.24) is 5.32 Å². The van der Waals surface area contributed by atoms with E-state index >= 15 is 0 Å². The molecule has 0 bridgehead atoms. The second-order valence-electron chi connectivity index (χ2n) is 6.02. The van der Waals surface area contributed by atoms with Crippen LogP contribution in [0.3, 0.4) is 0 Å². The first-order valence-electron chi connectivity index (χ1n) is 8.46. The van der Waals surface area contributed by atoms with Gasteiger partial charge in [-0.15, -0.1) is 0 Å². The normalized spacial score (nSPS) is 10.4. The van der Waals surface area contributed by atoms with Crippen LogP contribution in [0.15, 0.2) is 72.8 Å². The molecule has 3 aromatic carbocycles. The summed E-state index contributed by atoms with van der Waals surface area (Å²) < 4.78 is 26.4. The summed E-state index contributed by atoms with van der Waals surface area (Å²) in [7, 11) is 0. The standard InChI is InChI=1S/C22H17F2NO2/c23-17-12-15(13-18(24)14-17)10-11-25-22(27)20-9-5-4-8-19(20)21(26)16-6-2-1-3-7-16/h1-9,12-14H,10-11H2,(H,25,27). The highest BCUT2D eigenvalue weighted by Gasteiger charge is 2.17. The van der Waals surface area contributed by atoms with Gasteiger partial charge in [-0.3, -0.25) is 9.59 Å². The van der Waals surface area contributed by atoms with Gasteiger partial charge in [0, 0.05) is 23.7 Å². The number of benzene rings is 3. The molecule has 136 valence electrons. The van der Waals surface area contributed by atoms with E-state index in [1.54, 1.807) is 48.5 Å². The molecular formula is C22H17F2NO2. The van der Waals surface area contributed by atoms with Gasteiger partial charge in [0.2, 0.25) is 0 Å². The SMILES string of the molecule is O=C(NCCc1cc(F)cc(F)c1)c1ccccc1C(=O)c1ccccc1. The van der Waals surface area contributed by atoms with E-state index in [-0.39, 0.29) is 24.3 Å². The average molecular weight is 365 g/mol. The van der Waals surface area contributed by atoms with Crippen molar-refractivity contribution in [3.63, 3.8) is 0 Å². The molecule has 0 unspecified atom stereocenters. The van der Waals surface area contributed by atoms with Crippen LogP contribution in [-0.2, 0) is 6.42 Å². The van der Waals surface area contributed by atoms with Crippen LogP contribution in [0.5, 0.6) is 0 Å². The Morgan fingerprint density at radius 3 is 2.04 bits per heavy atom. The Balaban J connectivity index is 1.71. The number of rotatable bonds is 6. The van der Waals surface area contributed by atoms with Crippen molar-refractivity contribution in [1.29, 1.82) is 0 Å². The lowest BCUT2D eigenvalue weighted by Crippen LogP contribution is -2.27. The van der Waals surface area contributed by atoms with Crippen LogP contribution in [0, 0.1) is 11.6 Å². The molecule has 0 fully saturated rings. The van der Waals surface area contributed by atoms with Crippen molar-refractivity contribution < 1.29 is 18.4 Å². The van der Waals surface area contributed by atoms with Crippen LogP contribution in [0.4, 0.5) is 8.78 Å². The smallest absolute Gasteiger partial charge is 0.252 e. The number of amides is 1. The van der Waals surface area contributed by atoms with Crippen molar-refractivity contribution in [2.75, 3.05) is 6.54 Å². The summed E-state index contributed by atoms with van der Waals surface area (Å²) in [6.07, 6.45) is 0.273. The van der Waals surface area contributed by atoms with Gasteiger partial charge >= 0.3 is 0 Å². The lowest BCUT2D eigenvalue weighted by molar-refractivity contribution is 0.0942. The summed E-state index contributed by atoms with van der Waals surface area (Å²) in [6, 6.07) is 18.5. The van der Waals surface area contributed by atoms with E-state index in [9.17, 15) is 18.4 Å². The third kappa shape index (κ3) is 4.64. The minimum Gasteiger partial charge on any atom is -0.352 e. The van der Waals surface area contributed by atoms with Gasteiger partial charge < -0.3 is 5.32 Å². The number of hydrogen-bond donors (Lipinski definition) is 1. The van der Waals surface area contributed by atoms with Gasteiger partial charge in [-0.2, -0.15) is 0 Å². The lowest BCUT2D eigenvalue weighted by atomic mass is 9.98. The maximum atomic E-state index is 13.2. The van der Waals surface area contributed by atoms with Crippen LogP contribution in [0.1, 0.15) is 31.8 Å². The minimum absolute atomic E-state index is 0.190. The zero-order chi connectivity index (χ0) is 19.2. The van der Waals surface area contributed by atoms with Crippen molar-refractivity contribution >= 4 is 11.7 Å². The molecule has 27 heavy (non-hydrogen) atoms. The molecule has 0 aliphatic rings. The van der Waals surface area contributed by atoms with Crippen molar-refractivity contribution in [2.45, 2.75) is 6.42 Å². The van der Waals surface area contributed by atoms with Gasteiger partial charge in [0.1, 0.15) is 11.6 Å². The third-order valence-corrected chi connectivity index (χ3v) is 4.07. The Labute approximate surface area is 155 Å². The summed E-state index contributed by atoms with van der Waals surface area (Å²) in [5.41, 5.74) is 1.50. The van der Waals surface area contributed by atoms with Crippen LogP contribution in [0.2, 0.25) is 0 Å². The fourth-order valence-corrected chi connectivity index (χ4v) is 2.80. The summed E-state index contributed by atoms with van der Waals surface area (Å²) in [5, 5.41) is 2.70. The molecule has 0 saturated heterocycles. The molecule has 3 aromatic rings. The van der Waals surface area contributed by atoms with E-state index < -0.39 is 17.5 Å². The number of ketones is 1. The van der Waals surface area contributed by atoms with Crippen LogP contribution in [-0.4, -0.2) is 18.2 Å². The highest BCUT2D eigenvalue weighted by Crippen LogP contribution is 2.15. The number of nitrogens with one attached hydrogen (secondary N) is 1. The van der Waals surface area contributed by atoms with E-state index in [1.807, 2.05) is 6.07 Å². The summed E-state index contributed by atoms with van der Waals surface area (Å²) in [6.45, 7) is 0.190. The Morgan fingerprint density at radius 1 is 0.778 bits per heavy atom. The summed E-state index contributed by atoms with van der Waals surface area (Å²) in [4.78, 5) is 25.2. The Kier molecular flexibility index (Phi) is 5.71. The van der Waals surface area contributed by atoms with E-state index in [0.717, 1.165) is 6.07 Å². The zero-order valence-electron chi connectivity index (χ0n) is 14.4. The predicted octanol–water partition coefficient (Wildman–Crippen LogP) is 4.17. The molecule has 0 saturated carbocycles. The molecule has 0 spiro atoms. The van der Waals surface area contributed by atoms with Crippen molar-refractivity contribution in [3.05, 3.63) is 107 Å². The number of hydrogen-bond acceptors (Lipinski definition) is 2. The first-order valence-corrected chi connectivity index (χ1v) is 8.46. The molecule has 0 aliphatic heterocycles. The van der Waals surface area contributed by atoms with E-state index in [0.29, 0.717) is 16.7 Å². The van der Waals surface area contributed by atoms with Gasteiger partial charge in [0.05, 0.1) is 5.56 Å².